The molecule has 3 aromatic rings. The molecular weight excluding hydrogens is 420 g/mol. The Morgan fingerprint density at radius 2 is 1.68 bits per heavy atom. The van der Waals surface area contributed by atoms with E-state index in [1.807, 2.05) is 49.1 Å². The van der Waals surface area contributed by atoms with Crippen LogP contribution in [-0.4, -0.2) is 56.7 Å². The summed E-state index contributed by atoms with van der Waals surface area (Å²) in [4.78, 5) is 25.8. The van der Waals surface area contributed by atoms with Crippen molar-refractivity contribution in [1.82, 2.24) is 24.6 Å². The van der Waals surface area contributed by atoms with Crippen LogP contribution < -0.4 is 4.90 Å². The van der Waals surface area contributed by atoms with Crippen LogP contribution in [0.2, 0.25) is 0 Å². The number of rotatable bonds is 3. The van der Waals surface area contributed by atoms with Crippen LogP contribution in [0.5, 0.6) is 0 Å². The largest absolute Gasteiger partial charge is 0.352 e. The van der Waals surface area contributed by atoms with Crippen molar-refractivity contribution < 1.29 is 4.79 Å². The molecule has 0 aliphatic carbocycles. The van der Waals surface area contributed by atoms with Gasteiger partial charge in [0.25, 0.3) is 5.91 Å². The van der Waals surface area contributed by atoms with Crippen LogP contribution in [0.25, 0.3) is 5.82 Å². The molecule has 8 heteroatoms. The first kappa shape index (κ1) is 18.6. The number of aromatic nitrogens is 4. The fourth-order valence-corrected chi connectivity index (χ4v) is 3.64. The standard InChI is InChI=1S/C20H21BrN6O/c1-14-11-15(2)27(24-14)19-13-22-12-18(23-19)25-7-9-26(10-8-25)20(28)16-3-5-17(21)6-4-16/h3-6,11-13H,7-10H2,1-2H3. The number of carbonyl (C=O) groups excluding carboxylic acids is 1. The maximum absolute atomic E-state index is 12.7. The Hall–Kier alpha value is -2.74. The van der Waals surface area contributed by atoms with Gasteiger partial charge in [-0.05, 0) is 44.2 Å². The van der Waals surface area contributed by atoms with Gasteiger partial charge in [-0.1, -0.05) is 15.9 Å². The molecule has 0 bridgehead atoms. The number of anilines is 1. The second-order valence-electron chi connectivity index (χ2n) is 6.86. The third kappa shape index (κ3) is 3.77. The number of piperazine rings is 1. The summed E-state index contributed by atoms with van der Waals surface area (Å²) in [6.45, 7) is 6.71. The zero-order valence-corrected chi connectivity index (χ0v) is 17.4. The molecule has 1 aliphatic rings. The number of benzene rings is 1. The Kier molecular flexibility index (Phi) is 5.13. The highest BCUT2D eigenvalue weighted by Gasteiger charge is 2.23. The molecule has 0 atom stereocenters. The van der Waals surface area contributed by atoms with Gasteiger partial charge in [-0.25, -0.2) is 9.67 Å². The van der Waals surface area contributed by atoms with Crippen molar-refractivity contribution in [2.24, 2.45) is 0 Å². The highest BCUT2D eigenvalue weighted by molar-refractivity contribution is 9.10. The molecule has 1 aliphatic heterocycles. The van der Waals surface area contributed by atoms with Gasteiger partial charge in [-0.3, -0.25) is 9.78 Å². The number of amides is 1. The lowest BCUT2D eigenvalue weighted by Gasteiger charge is -2.35. The minimum absolute atomic E-state index is 0.0645. The lowest BCUT2D eigenvalue weighted by Crippen LogP contribution is -2.49. The van der Waals surface area contributed by atoms with E-state index in [4.69, 9.17) is 4.98 Å². The van der Waals surface area contributed by atoms with Gasteiger partial charge >= 0.3 is 0 Å². The second kappa shape index (κ2) is 7.71. The molecule has 1 fully saturated rings. The number of aryl methyl sites for hydroxylation is 2. The second-order valence-corrected chi connectivity index (χ2v) is 7.78. The number of carbonyl (C=O) groups is 1. The molecule has 0 unspecified atom stereocenters. The fraction of sp³-hybridized carbons (Fsp3) is 0.300. The topological polar surface area (TPSA) is 67.2 Å². The summed E-state index contributed by atoms with van der Waals surface area (Å²) in [5, 5.41) is 4.48. The molecule has 0 spiro atoms. The average molecular weight is 441 g/mol. The van der Waals surface area contributed by atoms with Crippen LogP contribution in [0.3, 0.4) is 0 Å². The average Bonchev–Trinajstić information content (AvgIpc) is 3.06. The summed E-state index contributed by atoms with van der Waals surface area (Å²) < 4.78 is 2.77. The summed E-state index contributed by atoms with van der Waals surface area (Å²) in [6, 6.07) is 9.50. The molecule has 144 valence electrons. The molecule has 0 N–H and O–H groups in total. The van der Waals surface area contributed by atoms with E-state index in [0.29, 0.717) is 24.5 Å². The first-order chi connectivity index (χ1) is 13.5. The lowest BCUT2D eigenvalue weighted by atomic mass is 10.2. The summed E-state index contributed by atoms with van der Waals surface area (Å²) in [5.74, 6) is 1.58. The molecule has 1 amide bonds. The molecular formula is C20H21BrN6O. The van der Waals surface area contributed by atoms with E-state index in [9.17, 15) is 4.79 Å². The Labute approximate surface area is 172 Å². The van der Waals surface area contributed by atoms with E-state index in [-0.39, 0.29) is 5.91 Å². The van der Waals surface area contributed by atoms with E-state index >= 15 is 0 Å². The summed E-state index contributed by atoms with van der Waals surface area (Å²) >= 11 is 3.40. The molecule has 1 aromatic carbocycles. The molecule has 28 heavy (non-hydrogen) atoms. The van der Waals surface area contributed by atoms with Gasteiger partial charge in [0.2, 0.25) is 0 Å². The van der Waals surface area contributed by atoms with Crippen LogP contribution in [0.4, 0.5) is 5.82 Å². The molecule has 1 saturated heterocycles. The minimum atomic E-state index is 0.0645. The fourth-order valence-electron chi connectivity index (χ4n) is 3.37. The maximum atomic E-state index is 12.7. The quantitative estimate of drug-likeness (QED) is 0.625. The van der Waals surface area contributed by atoms with Gasteiger partial charge in [0.15, 0.2) is 5.82 Å². The summed E-state index contributed by atoms with van der Waals surface area (Å²) in [7, 11) is 0. The number of hydrogen-bond acceptors (Lipinski definition) is 5. The first-order valence-corrected chi connectivity index (χ1v) is 9.96. The van der Waals surface area contributed by atoms with Crippen molar-refractivity contribution in [1.29, 1.82) is 0 Å². The van der Waals surface area contributed by atoms with E-state index in [1.54, 1.807) is 17.1 Å². The van der Waals surface area contributed by atoms with Crippen LogP contribution >= 0.6 is 15.9 Å². The van der Waals surface area contributed by atoms with Crippen molar-refractivity contribution in [2.45, 2.75) is 13.8 Å². The van der Waals surface area contributed by atoms with E-state index in [0.717, 1.165) is 34.8 Å². The Bertz CT molecular complexity index is 992. The molecule has 7 nitrogen and oxygen atoms in total. The molecule has 0 radical (unpaired) electrons. The van der Waals surface area contributed by atoms with Gasteiger partial charge in [0.1, 0.15) is 5.82 Å². The van der Waals surface area contributed by atoms with E-state index in [1.165, 1.54) is 0 Å². The van der Waals surface area contributed by atoms with Crippen molar-refractivity contribution in [3.05, 3.63) is 64.1 Å². The summed E-state index contributed by atoms with van der Waals surface area (Å²) in [6.07, 6.45) is 3.48. The lowest BCUT2D eigenvalue weighted by molar-refractivity contribution is 0.0746. The van der Waals surface area contributed by atoms with Gasteiger partial charge in [0.05, 0.1) is 18.1 Å². The van der Waals surface area contributed by atoms with Crippen LogP contribution in [-0.2, 0) is 0 Å². The van der Waals surface area contributed by atoms with Crippen molar-refractivity contribution in [3.63, 3.8) is 0 Å². The predicted molar refractivity (Wildman–Crippen MR) is 111 cm³/mol. The molecule has 2 aromatic heterocycles. The number of halogens is 1. The maximum Gasteiger partial charge on any atom is 0.253 e. The Morgan fingerprint density at radius 3 is 2.32 bits per heavy atom. The Morgan fingerprint density at radius 1 is 1.00 bits per heavy atom. The minimum Gasteiger partial charge on any atom is -0.352 e. The van der Waals surface area contributed by atoms with E-state index < -0.39 is 0 Å². The molecule has 0 saturated carbocycles. The molecule has 3 heterocycles. The third-order valence-electron chi connectivity index (χ3n) is 4.82. The zero-order chi connectivity index (χ0) is 19.7. The van der Waals surface area contributed by atoms with Crippen molar-refractivity contribution >= 4 is 27.7 Å². The normalized spacial score (nSPS) is 14.4. The zero-order valence-electron chi connectivity index (χ0n) is 15.8. The van der Waals surface area contributed by atoms with Crippen LogP contribution in [0.15, 0.2) is 47.2 Å². The highest BCUT2D eigenvalue weighted by Crippen LogP contribution is 2.18. The van der Waals surface area contributed by atoms with Crippen LogP contribution in [0, 0.1) is 13.8 Å². The van der Waals surface area contributed by atoms with Crippen molar-refractivity contribution in [2.75, 3.05) is 31.1 Å². The summed E-state index contributed by atoms with van der Waals surface area (Å²) in [5.41, 5.74) is 2.68. The van der Waals surface area contributed by atoms with Gasteiger partial charge < -0.3 is 9.80 Å². The van der Waals surface area contributed by atoms with Gasteiger partial charge in [0, 0.05) is 41.9 Å². The first-order valence-electron chi connectivity index (χ1n) is 9.17. The highest BCUT2D eigenvalue weighted by atomic mass is 79.9. The SMILES string of the molecule is Cc1cc(C)n(-c2cncc(N3CCN(C(=O)c4ccc(Br)cc4)CC3)n2)n1. The van der Waals surface area contributed by atoms with Crippen LogP contribution in [0.1, 0.15) is 21.7 Å². The Balaban J connectivity index is 1.45. The monoisotopic (exact) mass is 440 g/mol. The van der Waals surface area contributed by atoms with Gasteiger partial charge in [-0.15, -0.1) is 0 Å². The van der Waals surface area contributed by atoms with E-state index in [2.05, 4.69) is 30.9 Å². The van der Waals surface area contributed by atoms with Crippen molar-refractivity contribution in [3.8, 4) is 5.82 Å². The molecule has 4 rings (SSSR count). The smallest absolute Gasteiger partial charge is 0.253 e. The van der Waals surface area contributed by atoms with Gasteiger partial charge in [-0.2, -0.15) is 5.10 Å². The number of hydrogen-bond donors (Lipinski definition) is 0. The third-order valence-corrected chi connectivity index (χ3v) is 5.35. The number of nitrogens with zero attached hydrogens (tertiary/aromatic N) is 6. The predicted octanol–water partition coefficient (Wildman–Crippen LogP) is 3.00.